The van der Waals surface area contributed by atoms with Crippen molar-refractivity contribution in [2.45, 2.75) is 33.0 Å². The highest BCUT2D eigenvalue weighted by atomic mass is 35.5. The lowest BCUT2D eigenvalue weighted by Gasteiger charge is -2.16. The lowest BCUT2D eigenvalue weighted by atomic mass is 10.1. The molecule has 16 heavy (non-hydrogen) atoms. The second kappa shape index (κ2) is 4.24. The van der Waals surface area contributed by atoms with Crippen LogP contribution in [0.2, 0.25) is 5.15 Å². The van der Waals surface area contributed by atoms with Crippen LogP contribution in [0, 0.1) is 11.9 Å². The molecular weight excluding hydrogens is 248 g/mol. The Balaban J connectivity index is 3.27. The molecule has 1 atom stereocenters. The van der Waals surface area contributed by atoms with E-state index in [0.717, 1.165) is 0 Å². The number of nitrogens with zero attached hydrogens (tertiary/aromatic N) is 2. The van der Waals surface area contributed by atoms with Crippen molar-refractivity contribution in [3.63, 3.8) is 0 Å². The Morgan fingerprint density at radius 2 is 1.75 bits per heavy atom. The van der Waals surface area contributed by atoms with Gasteiger partial charge in [-0.05, 0) is 12.8 Å². The second-order valence-electron chi connectivity index (χ2n) is 3.88. The zero-order chi connectivity index (χ0) is 12.7. The first-order valence-electron chi connectivity index (χ1n) is 4.67. The Kier molecular flexibility index (Phi) is 3.52. The molecule has 2 nitrogen and oxygen atoms in total. The predicted octanol–water partition coefficient (Wildman–Crippen LogP) is 3.91. The third-order valence-electron chi connectivity index (χ3n) is 2.44. The molecule has 7 heteroatoms. The zero-order valence-electron chi connectivity index (χ0n) is 8.94. The molecule has 1 rings (SSSR count). The van der Waals surface area contributed by atoms with Crippen molar-refractivity contribution >= 4 is 11.6 Å². The number of hydrogen-bond acceptors (Lipinski definition) is 1. The fraction of sp³-hybridized carbons (Fsp3) is 0.667. The molecule has 0 radical (unpaired) electrons. The first kappa shape index (κ1) is 13.3. The van der Waals surface area contributed by atoms with E-state index in [2.05, 4.69) is 5.10 Å². The molecule has 0 aliphatic carbocycles. The van der Waals surface area contributed by atoms with Crippen molar-refractivity contribution < 1.29 is 17.6 Å². The van der Waals surface area contributed by atoms with Gasteiger partial charge in [0.05, 0.1) is 6.04 Å². The van der Waals surface area contributed by atoms with Crippen LogP contribution in [-0.4, -0.2) is 9.78 Å². The highest BCUT2D eigenvalue weighted by Gasteiger charge is 2.41. The molecule has 0 saturated carbocycles. The summed E-state index contributed by atoms with van der Waals surface area (Å²) in [7, 11) is 0. The lowest BCUT2D eigenvalue weighted by molar-refractivity contribution is -0.140. The predicted molar refractivity (Wildman–Crippen MR) is 51.7 cm³/mol. The second-order valence-corrected chi connectivity index (χ2v) is 4.24. The third-order valence-corrected chi connectivity index (χ3v) is 2.71. The quantitative estimate of drug-likeness (QED) is 0.736. The van der Waals surface area contributed by atoms with Gasteiger partial charge in [0.2, 0.25) is 5.95 Å². The normalized spacial score (nSPS) is 14.6. The van der Waals surface area contributed by atoms with Crippen LogP contribution in [0.25, 0.3) is 0 Å². The molecular formula is C9H11ClF4N2. The Hall–Kier alpha value is -0.780. The van der Waals surface area contributed by atoms with Gasteiger partial charge in [-0.25, -0.2) is 4.68 Å². The Bertz CT molecular complexity index is 384. The number of aromatic nitrogens is 2. The molecule has 0 saturated heterocycles. The summed E-state index contributed by atoms with van der Waals surface area (Å²) in [5, 5.41) is 2.54. The van der Waals surface area contributed by atoms with Crippen molar-refractivity contribution in [2.75, 3.05) is 0 Å². The molecule has 1 unspecified atom stereocenters. The first-order chi connectivity index (χ1) is 7.16. The van der Waals surface area contributed by atoms with E-state index in [1.54, 1.807) is 20.8 Å². The average Bonchev–Trinajstić information content (AvgIpc) is 2.38. The van der Waals surface area contributed by atoms with E-state index in [1.807, 2.05) is 0 Å². The summed E-state index contributed by atoms with van der Waals surface area (Å²) in [5.74, 6) is -1.48. The third kappa shape index (κ3) is 2.31. The van der Waals surface area contributed by atoms with Gasteiger partial charge in [0.25, 0.3) is 0 Å². The van der Waals surface area contributed by atoms with Crippen LogP contribution in [0.3, 0.4) is 0 Å². The minimum absolute atomic E-state index is 0.0495. The maximum atomic E-state index is 13.5. The van der Waals surface area contributed by atoms with E-state index < -0.39 is 28.9 Å². The standard InChI is InChI=1S/C9H11ClF4N2/c1-4(2)5(3)16-8(11)6(7(10)15-16)9(12,13)14/h4-5H,1-3H3. The molecule has 0 amide bonds. The highest BCUT2D eigenvalue weighted by Crippen LogP contribution is 2.37. The number of alkyl halides is 3. The minimum atomic E-state index is -4.82. The van der Waals surface area contributed by atoms with E-state index in [0.29, 0.717) is 4.68 Å². The van der Waals surface area contributed by atoms with Gasteiger partial charge in [-0.3, -0.25) is 0 Å². The van der Waals surface area contributed by atoms with E-state index in [1.165, 1.54) is 0 Å². The number of halogens is 5. The summed E-state index contributed by atoms with van der Waals surface area (Å²) in [5.41, 5.74) is -1.50. The molecule has 0 spiro atoms. The van der Waals surface area contributed by atoms with Crippen molar-refractivity contribution in [3.05, 3.63) is 16.7 Å². The van der Waals surface area contributed by atoms with Crippen LogP contribution in [0.1, 0.15) is 32.4 Å². The molecule has 0 aliphatic rings. The Morgan fingerprint density at radius 3 is 2.06 bits per heavy atom. The summed E-state index contributed by atoms with van der Waals surface area (Å²) in [6.07, 6.45) is -4.82. The van der Waals surface area contributed by atoms with E-state index in [9.17, 15) is 17.6 Å². The Morgan fingerprint density at radius 1 is 1.25 bits per heavy atom. The van der Waals surface area contributed by atoms with E-state index in [4.69, 9.17) is 11.6 Å². The fourth-order valence-corrected chi connectivity index (χ4v) is 1.44. The van der Waals surface area contributed by atoms with Crippen LogP contribution in [0.4, 0.5) is 17.6 Å². The minimum Gasteiger partial charge on any atom is -0.234 e. The molecule has 1 heterocycles. The van der Waals surface area contributed by atoms with Gasteiger partial charge in [0.15, 0.2) is 5.15 Å². The first-order valence-corrected chi connectivity index (χ1v) is 5.04. The van der Waals surface area contributed by atoms with Crippen LogP contribution in [-0.2, 0) is 6.18 Å². The van der Waals surface area contributed by atoms with Gasteiger partial charge in [-0.1, -0.05) is 25.4 Å². The SMILES string of the molecule is CC(C)C(C)n1nc(Cl)c(C(F)(F)F)c1F. The average molecular weight is 259 g/mol. The summed E-state index contributed by atoms with van der Waals surface area (Å²) < 4.78 is 51.4. The van der Waals surface area contributed by atoms with Crippen LogP contribution >= 0.6 is 11.6 Å². The van der Waals surface area contributed by atoms with Crippen molar-refractivity contribution in [1.29, 1.82) is 0 Å². The smallest absolute Gasteiger partial charge is 0.234 e. The van der Waals surface area contributed by atoms with Crippen molar-refractivity contribution in [3.8, 4) is 0 Å². The summed E-state index contributed by atoms with van der Waals surface area (Å²) in [6, 6.07) is -0.492. The molecule has 1 aromatic heterocycles. The monoisotopic (exact) mass is 258 g/mol. The van der Waals surface area contributed by atoms with Gasteiger partial charge in [-0.15, -0.1) is 0 Å². The van der Waals surface area contributed by atoms with Crippen LogP contribution < -0.4 is 0 Å². The summed E-state index contributed by atoms with van der Waals surface area (Å²) in [6.45, 7) is 5.09. The summed E-state index contributed by atoms with van der Waals surface area (Å²) >= 11 is 5.29. The maximum absolute atomic E-state index is 13.5. The van der Waals surface area contributed by atoms with Gasteiger partial charge in [-0.2, -0.15) is 22.7 Å². The summed E-state index contributed by atoms with van der Waals surface area (Å²) in [4.78, 5) is 0. The van der Waals surface area contributed by atoms with Crippen molar-refractivity contribution in [2.24, 2.45) is 5.92 Å². The van der Waals surface area contributed by atoms with Gasteiger partial charge in [0, 0.05) is 0 Å². The van der Waals surface area contributed by atoms with Crippen LogP contribution in [0.5, 0.6) is 0 Å². The van der Waals surface area contributed by atoms with Gasteiger partial charge in [0.1, 0.15) is 5.56 Å². The largest absolute Gasteiger partial charge is 0.423 e. The van der Waals surface area contributed by atoms with E-state index in [-0.39, 0.29) is 5.92 Å². The fourth-order valence-electron chi connectivity index (χ4n) is 1.17. The molecule has 92 valence electrons. The molecule has 1 aromatic rings. The molecule has 0 fully saturated rings. The molecule has 0 N–H and O–H groups in total. The molecule has 0 aromatic carbocycles. The van der Waals surface area contributed by atoms with Gasteiger partial charge >= 0.3 is 6.18 Å². The van der Waals surface area contributed by atoms with E-state index >= 15 is 0 Å². The number of hydrogen-bond donors (Lipinski definition) is 0. The van der Waals surface area contributed by atoms with Crippen LogP contribution in [0.15, 0.2) is 0 Å². The molecule has 0 bridgehead atoms. The topological polar surface area (TPSA) is 17.8 Å². The van der Waals surface area contributed by atoms with Gasteiger partial charge < -0.3 is 0 Å². The van der Waals surface area contributed by atoms with Crippen molar-refractivity contribution in [1.82, 2.24) is 9.78 Å². The zero-order valence-corrected chi connectivity index (χ0v) is 9.69. The molecule has 0 aliphatic heterocycles. The Labute approximate surface area is 95.2 Å². The lowest BCUT2D eigenvalue weighted by Crippen LogP contribution is -2.16. The maximum Gasteiger partial charge on any atom is 0.423 e. The number of rotatable bonds is 2. The highest BCUT2D eigenvalue weighted by molar-refractivity contribution is 6.30.